The molecule has 4 rings (SSSR count). The number of piperidine rings is 1. The number of ether oxygens (including phenoxy) is 1. The van der Waals surface area contributed by atoms with Crippen molar-refractivity contribution in [2.45, 2.75) is 32.6 Å². The molecule has 0 saturated carbocycles. The summed E-state index contributed by atoms with van der Waals surface area (Å²) >= 11 is 1.47. The zero-order valence-corrected chi connectivity index (χ0v) is 16.3. The Morgan fingerprint density at radius 1 is 1.11 bits per heavy atom. The van der Waals surface area contributed by atoms with E-state index >= 15 is 0 Å². The molecule has 146 valence electrons. The Bertz CT molecular complexity index is 820. The lowest BCUT2D eigenvalue weighted by Gasteiger charge is -2.35. The van der Waals surface area contributed by atoms with E-state index in [1.165, 1.54) is 11.3 Å². The van der Waals surface area contributed by atoms with Crippen LogP contribution in [0.5, 0.6) is 0 Å². The van der Waals surface area contributed by atoms with Gasteiger partial charge in [0.1, 0.15) is 5.01 Å². The third-order valence-electron chi connectivity index (χ3n) is 5.26. The molecule has 0 radical (unpaired) electrons. The number of aryl methyl sites for hydroxylation is 2. The van der Waals surface area contributed by atoms with Crippen LogP contribution in [0.25, 0.3) is 4.96 Å². The first kappa shape index (κ1) is 18.3. The molecule has 0 aliphatic carbocycles. The van der Waals surface area contributed by atoms with Crippen LogP contribution in [0, 0.1) is 12.8 Å². The summed E-state index contributed by atoms with van der Waals surface area (Å²) in [5.41, 5.74) is 0. The monoisotopic (exact) mass is 392 g/mol. The highest BCUT2D eigenvalue weighted by atomic mass is 32.1. The summed E-state index contributed by atoms with van der Waals surface area (Å²) in [6.07, 6.45) is 2.54. The van der Waals surface area contributed by atoms with Gasteiger partial charge in [-0.25, -0.2) is 0 Å². The van der Waals surface area contributed by atoms with Gasteiger partial charge in [-0.15, -0.1) is 10.2 Å². The molecule has 9 nitrogen and oxygen atoms in total. The minimum atomic E-state index is 0.0364. The number of likely N-dealkylation sites (tertiary alicyclic amines) is 1. The molecule has 10 heteroatoms. The summed E-state index contributed by atoms with van der Waals surface area (Å²) in [7, 11) is 0. The van der Waals surface area contributed by atoms with Gasteiger partial charge in [-0.2, -0.15) is 9.61 Å². The zero-order valence-electron chi connectivity index (χ0n) is 15.5. The second-order valence-electron chi connectivity index (χ2n) is 7.03. The van der Waals surface area contributed by atoms with Gasteiger partial charge in [0.15, 0.2) is 5.82 Å². The van der Waals surface area contributed by atoms with Gasteiger partial charge in [0.2, 0.25) is 16.8 Å². The molecule has 0 atom stereocenters. The number of hydrogen-bond donors (Lipinski definition) is 0. The van der Waals surface area contributed by atoms with Crippen molar-refractivity contribution in [3.8, 4) is 0 Å². The second kappa shape index (κ2) is 7.89. The molecule has 2 aliphatic rings. The molecule has 0 spiro atoms. The molecule has 0 aromatic carbocycles. The van der Waals surface area contributed by atoms with Gasteiger partial charge >= 0.3 is 0 Å². The number of morpholine rings is 1. The lowest BCUT2D eigenvalue weighted by atomic mass is 9.95. The third kappa shape index (κ3) is 3.96. The Labute approximate surface area is 161 Å². The van der Waals surface area contributed by atoms with Crippen LogP contribution in [0.2, 0.25) is 0 Å². The van der Waals surface area contributed by atoms with Crippen LogP contribution in [-0.2, 0) is 20.7 Å². The number of carbonyl (C=O) groups is 2. The molecule has 2 aromatic heterocycles. The van der Waals surface area contributed by atoms with Crippen molar-refractivity contribution >= 4 is 28.1 Å². The molecular weight excluding hydrogens is 368 g/mol. The summed E-state index contributed by atoms with van der Waals surface area (Å²) < 4.78 is 7.03. The van der Waals surface area contributed by atoms with Gasteiger partial charge in [-0.05, 0) is 19.8 Å². The number of hydrogen-bond acceptors (Lipinski definition) is 7. The first-order valence-electron chi connectivity index (χ1n) is 9.44. The van der Waals surface area contributed by atoms with Crippen molar-refractivity contribution in [2.75, 3.05) is 39.4 Å². The minimum absolute atomic E-state index is 0.0364. The maximum Gasteiger partial charge on any atom is 0.234 e. The van der Waals surface area contributed by atoms with Gasteiger partial charge in [-0.1, -0.05) is 11.3 Å². The summed E-state index contributed by atoms with van der Waals surface area (Å²) in [6, 6.07) is 0. The van der Waals surface area contributed by atoms with Crippen molar-refractivity contribution in [2.24, 2.45) is 5.92 Å². The number of amides is 2. The molecule has 27 heavy (non-hydrogen) atoms. The lowest BCUT2D eigenvalue weighted by molar-refractivity contribution is -0.143. The van der Waals surface area contributed by atoms with Crippen LogP contribution in [0.1, 0.15) is 30.1 Å². The van der Waals surface area contributed by atoms with Gasteiger partial charge in [-0.3, -0.25) is 9.59 Å². The standard InChI is InChI=1S/C17H24N6O3S/c1-12-18-19-17-23(12)20-14(27-17)2-3-15(24)21-6-4-13(5-7-21)16(25)22-8-10-26-11-9-22/h13H,2-11H2,1H3. The van der Waals surface area contributed by atoms with E-state index < -0.39 is 0 Å². The lowest BCUT2D eigenvalue weighted by Crippen LogP contribution is -2.47. The molecule has 2 saturated heterocycles. The first-order valence-corrected chi connectivity index (χ1v) is 10.3. The molecule has 2 amide bonds. The Morgan fingerprint density at radius 3 is 2.56 bits per heavy atom. The highest BCUT2D eigenvalue weighted by Gasteiger charge is 2.30. The summed E-state index contributed by atoms with van der Waals surface area (Å²) in [6.45, 7) is 5.79. The maximum atomic E-state index is 12.6. The molecule has 0 N–H and O–H groups in total. The van der Waals surface area contributed by atoms with Gasteiger partial charge in [0.05, 0.1) is 13.2 Å². The van der Waals surface area contributed by atoms with Gasteiger partial charge in [0.25, 0.3) is 0 Å². The van der Waals surface area contributed by atoms with Crippen LogP contribution in [0.3, 0.4) is 0 Å². The van der Waals surface area contributed by atoms with E-state index in [9.17, 15) is 9.59 Å². The van der Waals surface area contributed by atoms with E-state index in [2.05, 4.69) is 15.3 Å². The van der Waals surface area contributed by atoms with Crippen LogP contribution in [0.15, 0.2) is 0 Å². The summed E-state index contributed by atoms with van der Waals surface area (Å²) in [5.74, 6) is 1.15. The molecular formula is C17H24N6O3S. The maximum absolute atomic E-state index is 12.6. The normalized spacial score (nSPS) is 19.0. The zero-order chi connectivity index (χ0) is 18.8. The molecule has 2 aliphatic heterocycles. The Hall–Kier alpha value is -2.07. The Kier molecular flexibility index (Phi) is 5.35. The summed E-state index contributed by atoms with van der Waals surface area (Å²) in [5, 5.41) is 13.4. The SMILES string of the molecule is Cc1nnc2sc(CCC(=O)N3CCC(C(=O)N4CCOCC4)CC3)nn12. The fourth-order valence-electron chi connectivity index (χ4n) is 3.65. The van der Waals surface area contributed by atoms with Crippen molar-refractivity contribution in [1.29, 1.82) is 0 Å². The highest BCUT2D eigenvalue weighted by Crippen LogP contribution is 2.22. The quantitative estimate of drug-likeness (QED) is 0.753. The molecule has 4 heterocycles. The largest absolute Gasteiger partial charge is 0.378 e. The Morgan fingerprint density at radius 2 is 1.85 bits per heavy atom. The van der Waals surface area contributed by atoms with E-state index in [0.717, 1.165) is 28.6 Å². The molecule has 0 unspecified atom stereocenters. The van der Waals surface area contributed by atoms with Crippen molar-refractivity contribution < 1.29 is 14.3 Å². The Balaban J connectivity index is 1.25. The van der Waals surface area contributed by atoms with E-state index in [0.29, 0.717) is 52.2 Å². The van der Waals surface area contributed by atoms with E-state index in [1.54, 1.807) is 4.52 Å². The van der Waals surface area contributed by atoms with Gasteiger partial charge < -0.3 is 14.5 Å². The van der Waals surface area contributed by atoms with E-state index in [4.69, 9.17) is 4.74 Å². The topological polar surface area (TPSA) is 92.9 Å². The number of aromatic nitrogens is 4. The predicted molar refractivity (Wildman–Crippen MR) is 98.4 cm³/mol. The first-order chi connectivity index (χ1) is 13.1. The van der Waals surface area contributed by atoms with E-state index in [-0.39, 0.29) is 17.7 Å². The van der Waals surface area contributed by atoms with Crippen molar-refractivity contribution in [3.05, 3.63) is 10.8 Å². The van der Waals surface area contributed by atoms with Crippen LogP contribution < -0.4 is 0 Å². The third-order valence-corrected chi connectivity index (χ3v) is 6.22. The van der Waals surface area contributed by atoms with Crippen molar-refractivity contribution in [3.63, 3.8) is 0 Å². The van der Waals surface area contributed by atoms with Crippen LogP contribution in [-0.4, -0.2) is 80.8 Å². The highest BCUT2D eigenvalue weighted by molar-refractivity contribution is 7.16. The number of nitrogens with zero attached hydrogens (tertiary/aromatic N) is 6. The number of rotatable bonds is 4. The molecule has 0 bridgehead atoms. The second-order valence-corrected chi connectivity index (χ2v) is 8.07. The predicted octanol–water partition coefficient (Wildman–Crippen LogP) is 0.524. The minimum Gasteiger partial charge on any atom is -0.378 e. The average Bonchev–Trinajstić information content (AvgIpc) is 3.28. The van der Waals surface area contributed by atoms with E-state index in [1.807, 2.05) is 16.7 Å². The number of carbonyl (C=O) groups excluding carboxylic acids is 2. The molecule has 2 aromatic rings. The fourth-order valence-corrected chi connectivity index (χ4v) is 4.52. The smallest absolute Gasteiger partial charge is 0.234 e. The van der Waals surface area contributed by atoms with Gasteiger partial charge in [0, 0.05) is 44.9 Å². The molecule has 2 fully saturated rings. The van der Waals surface area contributed by atoms with Crippen LogP contribution in [0.4, 0.5) is 0 Å². The van der Waals surface area contributed by atoms with Crippen molar-refractivity contribution in [1.82, 2.24) is 29.6 Å². The number of fused-ring (bicyclic) bond motifs is 1. The fraction of sp³-hybridized carbons (Fsp3) is 0.706. The van der Waals surface area contributed by atoms with Crippen LogP contribution >= 0.6 is 11.3 Å². The average molecular weight is 392 g/mol. The summed E-state index contributed by atoms with van der Waals surface area (Å²) in [4.78, 5) is 29.6.